The van der Waals surface area contributed by atoms with Crippen molar-refractivity contribution in [2.24, 2.45) is 11.7 Å². The molecule has 1 amide bonds. The summed E-state index contributed by atoms with van der Waals surface area (Å²) in [7, 11) is 0. The van der Waals surface area contributed by atoms with Gasteiger partial charge < -0.3 is 11.1 Å². The van der Waals surface area contributed by atoms with E-state index in [1.165, 1.54) is 11.3 Å². The first-order chi connectivity index (χ1) is 7.00. The van der Waals surface area contributed by atoms with Crippen LogP contribution in [0, 0.1) is 5.92 Å². The van der Waals surface area contributed by atoms with E-state index < -0.39 is 5.54 Å². The summed E-state index contributed by atoms with van der Waals surface area (Å²) in [6, 6.07) is 0. The average molecular weight is 290 g/mol. The van der Waals surface area contributed by atoms with Crippen molar-refractivity contribution >= 4 is 38.3 Å². The second kappa shape index (κ2) is 3.84. The number of nitrogens with two attached hydrogens (primary N) is 1. The molecular weight excluding hydrogens is 278 g/mol. The van der Waals surface area contributed by atoms with Crippen molar-refractivity contribution in [2.75, 3.05) is 5.32 Å². The largest absolute Gasteiger partial charge is 0.317 e. The van der Waals surface area contributed by atoms with Gasteiger partial charge in [0.2, 0.25) is 5.91 Å². The highest BCUT2D eigenvalue weighted by Gasteiger charge is 2.44. The predicted molar refractivity (Wildman–Crippen MR) is 63.8 cm³/mol. The Labute approximate surface area is 100 Å². The van der Waals surface area contributed by atoms with Crippen molar-refractivity contribution in [1.82, 2.24) is 4.98 Å². The number of carbonyl (C=O) groups is 1. The summed E-state index contributed by atoms with van der Waals surface area (Å²) in [5, 5.41) is 3.33. The van der Waals surface area contributed by atoms with E-state index in [0.29, 0.717) is 11.0 Å². The van der Waals surface area contributed by atoms with Crippen LogP contribution in [0.4, 0.5) is 5.13 Å². The molecule has 2 rings (SSSR count). The predicted octanol–water partition coefficient (Wildman–Crippen LogP) is 1.97. The highest BCUT2D eigenvalue weighted by atomic mass is 79.9. The van der Waals surface area contributed by atoms with Crippen molar-refractivity contribution in [3.8, 4) is 0 Å². The number of aromatic nitrogens is 1. The lowest BCUT2D eigenvalue weighted by Gasteiger charge is -2.22. The van der Waals surface area contributed by atoms with Crippen LogP contribution in [0.2, 0.25) is 0 Å². The van der Waals surface area contributed by atoms with Gasteiger partial charge in [-0.15, -0.1) is 0 Å². The van der Waals surface area contributed by atoms with Crippen LogP contribution < -0.4 is 11.1 Å². The van der Waals surface area contributed by atoms with E-state index in [4.69, 9.17) is 5.73 Å². The Bertz CT molecular complexity index is 386. The first-order valence-corrected chi connectivity index (χ1v) is 6.33. The molecule has 3 N–H and O–H groups in total. The van der Waals surface area contributed by atoms with Gasteiger partial charge in [-0.05, 0) is 41.6 Å². The Morgan fingerprint density at radius 2 is 2.47 bits per heavy atom. The number of hydrogen-bond donors (Lipinski definition) is 2. The fourth-order valence-electron chi connectivity index (χ4n) is 1.41. The first kappa shape index (κ1) is 11.0. The molecule has 0 spiro atoms. The van der Waals surface area contributed by atoms with Crippen molar-refractivity contribution in [3.05, 3.63) is 9.98 Å². The van der Waals surface area contributed by atoms with E-state index in [-0.39, 0.29) is 5.91 Å². The van der Waals surface area contributed by atoms with E-state index in [2.05, 4.69) is 26.2 Å². The summed E-state index contributed by atoms with van der Waals surface area (Å²) in [6.07, 6.45) is 3.75. The van der Waals surface area contributed by atoms with Gasteiger partial charge in [-0.3, -0.25) is 4.79 Å². The minimum absolute atomic E-state index is 0.146. The zero-order valence-corrected chi connectivity index (χ0v) is 10.7. The molecule has 1 aromatic rings. The van der Waals surface area contributed by atoms with Crippen molar-refractivity contribution in [2.45, 2.75) is 25.3 Å². The van der Waals surface area contributed by atoms with Crippen molar-refractivity contribution in [1.29, 1.82) is 0 Å². The SMILES string of the molecule is CC(N)(C(=O)Nc1ncc(Br)s1)C1CC1. The van der Waals surface area contributed by atoms with Gasteiger partial charge in [0.1, 0.15) is 0 Å². The molecular formula is C9H12BrN3OS. The number of amides is 1. The van der Waals surface area contributed by atoms with E-state index in [1.807, 2.05) is 0 Å². The molecule has 15 heavy (non-hydrogen) atoms. The van der Waals surface area contributed by atoms with Gasteiger partial charge in [-0.2, -0.15) is 0 Å². The van der Waals surface area contributed by atoms with Gasteiger partial charge in [0.25, 0.3) is 0 Å². The maximum atomic E-state index is 11.8. The lowest BCUT2D eigenvalue weighted by molar-refractivity contribution is -0.121. The Morgan fingerprint density at radius 3 is 2.93 bits per heavy atom. The number of nitrogens with zero attached hydrogens (tertiary/aromatic N) is 1. The van der Waals surface area contributed by atoms with Crippen LogP contribution in [-0.2, 0) is 4.79 Å². The molecule has 1 fully saturated rings. The van der Waals surface area contributed by atoms with Gasteiger partial charge in [0.15, 0.2) is 5.13 Å². The topological polar surface area (TPSA) is 68.0 Å². The quantitative estimate of drug-likeness (QED) is 0.894. The molecule has 1 aromatic heterocycles. The Kier molecular flexibility index (Phi) is 2.83. The highest BCUT2D eigenvalue weighted by Crippen LogP contribution is 2.38. The second-order valence-electron chi connectivity index (χ2n) is 3.98. The van der Waals surface area contributed by atoms with Crippen LogP contribution >= 0.6 is 27.3 Å². The van der Waals surface area contributed by atoms with E-state index >= 15 is 0 Å². The van der Waals surface area contributed by atoms with Gasteiger partial charge in [-0.25, -0.2) is 4.98 Å². The third-order valence-electron chi connectivity index (χ3n) is 2.61. The molecule has 4 nitrogen and oxygen atoms in total. The molecule has 1 saturated carbocycles. The van der Waals surface area contributed by atoms with Crippen LogP contribution in [0.15, 0.2) is 9.98 Å². The Morgan fingerprint density at radius 1 is 1.80 bits per heavy atom. The van der Waals surface area contributed by atoms with Crippen LogP contribution in [0.5, 0.6) is 0 Å². The van der Waals surface area contributed by atoms with Crippen LogP contribution in [0.25, 0.3) is 0 Å². The molecule has 1 aliphatic carbocycles. The van der Waals surface area contributed by atoms with Crippen molar-refractivity contribution in [3.63, 3.8) is 0 Å². The normalized spacial score (nSPS) is 19.7. The summed E-state index contributed by atoms with van der Waals surface area (Å²) in [4.78, 5) is 15.9. The van der Waals surface area contributed by atoms with Gasteiger partial charge in [0, 0.05) is 0 Å². The number of halogens is 1. The molecule has 6 heteroatoms. The molecule has 1 unspecified atom stereocenters. The number of anilines is 1. The van der Waals surface area contributed by atoms with Gasteiger partial charge >= 0.3 is 0 Å². The minimum Gasteiger partial charge on any atom is -0.317 e. The van der Waals surface area contributed by atoms with Crippen LogP contribution in [0.1, 0.15) is 19.8 Å². The number of rotatable bonds is 3. The monoisotopic (exact) mass is 289 g/mol. The summed E-state index contributed by atoms with van der Waals surface area (Å²) >= 11 is 4.67. The number of hydrogen-bond acceptors (Lipinski definition) is 4. The molecule has 0 aromatic carbocycles. The third kappa shape index (κ3) is 2.38. The van der Waals surface area contributed by atoms with Crippen LogP contribution in [0.3, 0.4) is 0 Å². The summed E-state index contributed by atoms with van der Waals surface area (Å²) in [5.41, 5.74) is 5.21. The third-order valence-corrected chi connectivity index (χ3v) is 4.00. The fraction of sp³-hybridized carbons (Fsp3) is 0.556. The summed E-state index contributed by atoms with van der Waals surface area (Å²) < 4.78 is 0.892. The summed E-state index contributed by atoms with van der Waals surface area (Å²) in [5.74, 6) is 0.174. The minimum atomic E-state index is -0.766. The lowest BCUT2D eigenvalue weighted by Crippen LogP contribution is -2.50. The molecule has 0 saturated heterocycles. The maximum absolute atomic E-state index is 11.8. The van der Waals surface area contributed by atoms with E-state index in [9.17, 15) is 4.79 Å². The fourth-order valence-corrected chi connectivity index (χ4v) is 2.51. The highest BCUT2D eigenvalue weighted by molar-refractivity contribution is 9.11. The smallest absolute Gasteiger partial charge is 0.246 e. The molecule has 1 heterocycles. The Balaban J connectivity index is 2.03. The molecule has 0 bridgehead atoms. The number of thiazole rings is 1. The molecule has 0 aliphatic heterocycles. The second-order valence-corrected chi connectivity index (χ2v) is 6.39. The molecule has 0 radical (unpaired) electrons. The zero-order chi connectivity index (χ0) is 11.1. The van der Waals surface area contributed by atoms with Gasteiger partial charge in [-0.1, -0.05) is 11.3 Å². The zero-order valence-electron chi connectivity index (χ0n) is 8.29. The molecule has 1 aliphatic rings. The van der Waals surface area contributed by atoms with E-state index in [1.54, 1.807) is 13.1 Å². The number of nitrogens with one attached hydrogen (secondary N) is 1. The molecule has 1 atom stereocenters. The van der Waals surface area contributed by atoms with Crippen molar-refractivity contribution < 1.29 is 4.79 Å². The van der Waals surface area contributed by atoms with Gasteiger partial charge in [0.05, 0.1) is 15.5 Å². The molecule has 82 valence electrons. The average Bonchev–Trinajstić information content (AvgIpc) is 2.92. The van der Waals surface area contributed by atoms with E-state index in [0.717, 1.165) is 16.6 Å². The lowest BCUT2D eigenvalue weighted by atomic mass is 9.96. The van der Waals surface area contributed by atoms with Crippen LogP contribution in [-0.4, -0.2) is 16.4 Å². The Hall–Kier alpha value is -0.460. The number of carbonyl (C=O) groups excluding carboxylic acids is 1. The first-order valence-electron chi connectivity index (χ1n) is 4.72. The maximum Gasteiger partial charge on any atom is 0.246 e. The summed E-state index contributed by atoms with van der Waals surface area (Å²) in [6.45, 7) is 1.78. The standard InChI is InChI=1S/C9H12BrN3OS/c1-9(11,5-2-3-5)7(14)13-8-12-4-6(10)15-8/h4-5H,2-3,11H2,1H3,(H,12,13,14).